The van der Waals surface area contributed by atoms with Gasteiger partial charge in [0.1, 0.15) is 24.4 Å². The summed E-state index contributed by atoms with van der Waals surface area (Å²) in [6.07, 6.45) is 1.95. The molecule has 54 heavy (non-hydrogen) atoms. The summed E-state index contributed by atoms with van der Waals surface area (Å²) in [5.74, 6) is -3.80. The number of benzene rings is 2. The van der Waals surface area contributed by atoms with Crippen LogP contribution in [0.1, 0.15) is 83.1 Å². The average molecular weight is 779 g/mol. The molecule has 2 aromatic heterocycles. The Hall–Kier alpha value is -4.93. The number of alkyl halides is 5. The molecule has 288 valence electrons. The third-order valence-electron chi connectivity index (χ3n) is 9.35. The van der Waals surface area contributed by atoms with E-state index in [0.717, 1.165) is 24.1 Å². The third kappa shape index (κ3) is 7.68. The predicted molar refractivity (Wildman–Crippen MR) is 186 cm³/mol. The molecule has 0 radical (unpaired) electrons. The molecule has 2 N–H and O–H groups in total. The van der Waals surface area contributed by atoms with Gasteiger partial charge in [-0.2, -0.15) is 23.7 Å². The fourth-order valence-corrected chi connectivity index (χ4v) is 6.65. The molecule has 1 aliphatic carbocycles. The number of aliphatic imine (C=N–C) groups is 1. The number of hydrogen-bond acceptors (Lipinski definition) is 8. The van der Waals surface area contributed by atoms with Gasteiger partial charge in [0, 0.05) is 34.7 Å². The highest BCUT2D eigenvalue weighted by atomic mass is 35.5. The summed E-state index contributed by atoms with van der Waals surface area (Å²) >= 11 is 6.41. The van der Waals surface area contributed by atoms with Crippen LogP contribution in [0.2, 0.25) is 5.02 Å². The highest BCUT2D eigenvalue weighted by molar-refractivity contribution is 6.33. The number of carbonyl (C=O) groups is 2. The smallest absolute Gasteiger partial charge is 0.335 e. The molecule has 11 nitrogen and oxygen atoms in total. The molecule has 2 aromatic carbocycles. The van der Waals surface area contributed by atoms with Gasteiger partial charge in [0.25, 0.3) is 5.91 Å². The van der Waals surface area contributed by atoms with Gasteiger partial charge in [-0.15, -0.1) is 0 Å². The number of nitrogens with two attached hydrogens (primary N) is 1. The molecule has 0 bridgehead atoms. The van der Waals surface area contributed by atoms with Crippen LogP contribution in [-0.2, 0) is 19.9 Å². The number of amides is 1. The lowest BCUT2D eigenvalue weighted by Gasteiger charge is -2.34. The van der Waals surface area contributed by atoms with E-state index in [0.29, 0.717) is 15.8 Å². The standard InChI is InChI=1S/C36H37ClF6N8O3/c1-34(2,30(39)40)13-28(52)54-16-27(20-6-10-25(37)23(11-20)29-45-18-47-51(29)32(41)42)50-31(53)36(48-33(50)44,17-35(3,4)43)24-9-5-19(12-26(24)38)21-14-46-49(15-21)22-7-8-22/h5-6,9-12,14-15,18,22,27,30,32H,7-8,13,16-17H2,1-4H3,(H2,44,48)/t27-,36-/m1/s1. The highest BCUT2D eigenvalue weighted by Crippen LogP contribution is 2.46. The molecule has 2 atom stereocenters. The van der Waals surface area contributed by atoms with E-state index in [1.54, 1.807) is 23.1 Å². The lowest BCUT2D eigenvalue weighted by atomic mass is 9.80. The first-order valence-corrected chi connectivity index (χ1v) is 17.3. The Morgan fingerprint density at radius 1 is 1.07 bits per heavy atom. The molecule has 3 heterocycles. The fourth-order valence-electron chi connectivity index (χ4n) is 6.45. The quantitative estimate of drug-likeness (QED) is 0.102. The highest BCUT2D eigenvalue weighted by Gasteiger charge is 2.55. The maximum absolute atomic E-state index is 16.3. The van der Waals surface area contributed by atoms with Gasteiger partial charge in [-0.25, -0.2) is 27.5 Å². The minimum atomic E-state index is -3.11. The number of rotatable bonds is 14. The molecule has 1 amide bonds. The topological polar surface area (TPSA) is 134 Å². The molecular formula is C36H37ClF6N8O3. The summed E-state index contributed by atoms with van der Waals surface area (Å²) in [4.78, 5) is 36.9. The van der Waals surface area contributed by atoms with Gasteiger partial charge in [0.15, 0.2) is 17.3 Å². The third-order valence-corrected chi connectivity index (χ3v) is 9.68. The van der Waals surface area contributed by atoms with Gasteiger partial charge in [0.2, 0.25) is 6.43 Å². The zero-order valence-corrected chi connectivity index (χ0v) is 30.4. The van der Waals surface area contributed by atoms with E-state index in [9.17, 15) is 27.2 Å². The van der Waals surface area contributed by atoms with Crippen LogP contribution in [0, 0.1) is 11.2 Å². The summed E-state index contributed by atoms with van der Waals surface area (Å²) in [7, 11) is 0. The number of halogens is 7. The average Bonchev–Trinajstić information content (AvgIpc) is 3.49. The number of nitrogens with zero attached hydrogens (tertiary/aromatic N) is 7. The molecule has 0 spiro atoms. The van der Waals surface area contributed by atoms with E-state index in [-0.39, 0.29) is 33.6 Å². The first-order chi connectivity index (χ1) is 25.3. The Morgan fingerprint density at radius 2 is 1.80 bits per heavy atom. The van der Waals surface area contributed by atoms with E-state index in [2.05, 4.69) is 20.2 Å². The molecule has 6 rings (SSSR count). The Balaban J connectivity index is 1.42. The summed E-state index contributed by atoms with van der Waals surface area (Å²) in [5, 5.41) is 7.83. The minimum Gasteiger partial charge on any atom is -0.463 e. The molecular weight excluding hydrogens is 742 g/mol. The Bertz CT molecular complexity index is 2090. The number of ether oxygens (including phenoxy) is 1. The van der Waals surface area contributed by atoms with Gasteiger partial charge in [-0.1, -0.05) is 43.6 Å². The van der Waals surface area contributed by atoms with E-state index in [1.807, 2.05) is 0 Å². The lowest BCUT2D eigenvalue weighted by molar-refractivity contribution is -0.152. The van der Waals surface area contributed by atoms with Crippen molar-refractivity contribution < 1.29 is 40.7 Å². The van der Waals surface area contributed by atoms with Crippen molar-refractivity contribution in [1.29, 1.82) is 0 Å². The van der Waals surface area contributed by atoms with Crippen molar-refractivity contribution in [2.75, 3.05) is 6.61 Å². The second-order valence-electron chi connectivity index (χ2n) is 14.7. The molecule has 1 fully saturated rings. The normalized spacial score (nSPS) is 18.5. The van der Waals surface area contributed by atoms with E-state index < -0.39 is 78.7 Å². The maximum Gasteiger partial charge on any atom is 0.335 e. The van der Waals surface area contributed by atoms with Crippen LogP contribution >= 0.6 is 11.6 Å². The van der Waals surface area contributed by atoms with E-state index in [1.165, 1.54) is 58.0 Å². The Morgan fingerprint density at radius 3 is 2.43 bits per heavy atom. The van der Waals surface area contributed by atoms with Crippen molar-refractivity contribution in [3.8, 4) is 22.5 Å². The van der Waals surface area contributed by atoms with Crippen LogP contribution in [0.15, 0.2) is 60.1 Å². The van der Waals surface area contributed by atoms with E-state index >= 15 is 8.78 Å². The van der Waals surface area contributed by atoms with Crippen LogP contribution in [0.4, 0.5) is 26.3 Å². The summed E-state index contributed by atoms with van der Waals surface area (Å²) in [6, 6.07) is 6.88. The molecule has 18 heteroatoms. The van der Waals surface area contributed by atoms with Gasteiger partial charge in [0.05, 0.1) is 29.7 Å². The van der Waals surface area contributed by atoms with Crippen molar-refractivity contribution in [3.05, 3.63) is 77.1 Å². The van der Waals surface area contributed by atoms with Crippen LogP contribution < -0.4 is 5.73 Å². The lowest BCUT2D eigenvalue weighted by Crippen LogP contribution is -2.48. The number of guanidine groups is 1. The monoisotopic (exact) mass is 778 g/mol. The van der Waals surface area contributed by atoms with Gasteiger partial charge in [-0.3, -0.25) is 19.2 Å². The largest absolute Gasteiger partial charge is 0.463 e. The second-order valence-corrected chi connectivity index (χ2v) is 15.2. The summed E-state index contributed by atoms with van der Waals surface area (Å²) in [5.41, 5.74) is 1.06. The molecule has 0 unspecified atom stereocenters. The maximum atomic E-state index is 16.3. The SMILES string of the molecule is CC(C)(F)C[C@]1(c2ccc(-c3cnn(C4CC4)c3)cc2F)N=C(N)N([C@H](COC(=O)CC(C)(C)C(F)F)c2ccc(Cl)c(-c3ncnn3C(F)F)c2)C1=O. The second kappa shape index (κ2) is 14.4. The fraction of sp³-hybridized carbons (Fsp3) is 0.444. The zero-order valence-electron chi connectivity index (χ0n) is 29.6. The van der Waals surface area contributed by atoms with E-state index in [4.69, 9.17) is 22.1 Å². The van der Waals surface area contributed by atoms with Crippen LogP contribution in [-0.4, -0.2) is 66.0 Å². The molecule has 4 aromatic rings. The number of esters is 1. The van der Waals surface area contributed by atoms with Crippen molar-refractivity contribution in [2.24, 2.45) is 16.1 Å². The van der Waals surface area contributed by atoms with Crippen molar-refractivity contribution in [3.63, 3.8) is 0 Å². The summed E-state index contributed by atoms with van der Waals surface area (Å²) < 4.78 is 94.4. The predicted octanol–water partition coefficient (Wildman–Crippen LogP) is 7.79. The van der Waals surface area contributed by atoms with Crippen LogP contribution in [0.5, 0.6) is 0 Å². The first-order valence-electron chi connectivity index (χ1n) is 16.9. The molecule has 0 saturated heterocycles. The first kappa shape index (κ1) is 38.8. The molecule has 1 aliphatic heterocycles. The van der Waals surface area contributed by atoms with Crippen molar-refractivity contribution in [1.82, 2.24) is 29.4 Å². The number of hydrogen-bond donors (Lipinski definition) is 1. The number of aromatic nitrogens is 5. The zero-order chi connectivity index (χ0) is 39.3. The molecule has 1 saturated carbocycles. The van der Waals surface area contributed by atoms with Crippen molar-refractivity contribution >= 4 is 29.4 Å². The summed E-state index contributed by atoms with van der Waals surface area (Å²) in [6.45, 7) is 0.876. The van der Waals surface area contributed by atoms with Crippen LogP contribution in [0.3, 0.4) is 0 Å². The Labute approximate surface area is 311 Å². The van der Waals surface area contributed by atoms with Crippen LogP contribution in [0.25, 0.3) is 22.5 Å². The molecule has 2 aliphatic rings. The number of carbonyl (C=O) groups excluding carboxylic acids is 2. The van der Waals surface area contributed by atoms with Crippen molar-refractivity contribution in [2.45, 2.75) is 89.6 Å². The minimum absolute atomic E-state index is 0.0455. The van der Waals surface area contributed by atoms with Gasteiger partial charge >= 0.3 is 12.5 Å². The van der Waals surface area contributed by atoms with Gasteiger partial charge < -0.3 is 10.5 Å². The van der Waals surface area contributed by atoms with Gasteiger partial charge in [-0.05, 0) is 56.0 Å². The Kier molecular flexibility index (Phi) is 10.3.